The van der Waals surface area contributed by atoms with Gasteiger partial charge in [-0.2, -0.15) is 0 Å². The van der Waals surface area contributed by atoms with E-state index in [4.69, 9.17) is 21.8 Å². The number of hydrogen-bond donors (Lipinski definition) is 2. The minimum Gasteiger partial charge on any atom is -0.395 e. The minimum atomic E-state index is -0.183. The zero-order valence-corrected chi connectivity index (χ0v) is 10.3. The molecule has 0 aliphatic heterocycles. The van der Waals surface area contributed by atoms with E-state index in [0.29, 0.717) is 17.3 Å². The molecule has 0 saturated heterocycles. The lowest BCUT2D eigenvalue weighted by Crippen LogP contribution is -2.34. The van der Waals surface area contributed by atoms with Gasteiger partial charge in [0, 0.05) is 12.6 Å². The molecule has 0 radical (unpaired) electrons. The molecule has 5 heteroatoms. The number of rotatable bonds is 5. The maximum atomic E-state index is 9.08. The van der Waals surface area contributed by atoms with Crippen LogP contribution in [0.25, 0.3) is 0 Å². The van der Waals surface area contributed by atoms with Gasteiger partial charge in [-0.05, 0) is 26.0 Å². The van der Waals surface area contributed by atoms with Crippen molar-refractivity contribution in [3.05, 3.63) is 22.8 Å². The molecule has 0 bridgehead atoms. The Morgan fingerprint density at radius 2 is 2.06 bits per heavy atom. The molecule has 1 aromatic heterocycles. The zero-order valence-electron chi connectivity index (χ0n) is 9.52. The van der Waals surface area contributed by atoms with E-state index < -0.39 is 0 Å². The Morgan fingerprint density at radius 1 is 1.38 bits per heavy atom. The summed E-state index contributed by atoms with van der Waals surface area (Å²) in [5, 5.41) is 18.5. The number of anilines is 1. The second-order valence-corrected chi connectivity index (χ2v) is 4.17. The molecule has 1 rings (SSSR count). The normalized spacial score (nSPS) is 10.9. The number of hydrogen-bond acceptors (Lipinski definition) is 4. The monoisotopic (exact) mass is 244 g/mol. The van der Waals surface area contributed by atoms with Crippen LogP contribution in [0.2, 0.25) is 5.02 Å². The zero-order chi connectivity index (χ0) is 12.1. The largest absolute Gasteiger partial charge is 0.395 e. The van der Waals surface area contributed by atoms with Crippen molar-refractivity contribution in [3.63, 3.8) is 0 Å². The summed E-state index contributed by atoms with van der Waals surface area (Å²) in [6, 6.07) is 3.73. The lowest BCUT2D eigenvalue weighted by atomic mass is 10.3. The van der Waals surface area contributed by atoms with Crippen LogP contribution in [0.5, 0.6) is 0 Å². The Morgan fingerprint density at radius 3 is 2.56 bits per heavy atom. The van der Waals surface area contributed by atoms with Gasteiger partial charge in [0.2, 0.25) is 0 Å². The molecular formula is C11H17ClN2O2. The third-order valence-corrected chi connectivity index (χ3v) is 2.66. The molecule has 0 fully saturated rings. The summed E-state index contributed by atoms with van der Waals surface area (Å²) in [5.74, 6) is 0.720. The van der Waals surface area contributed by atoms with Gasteiger partial charge in [0.15, 0.2) is 0 Å². The fourth-order valence-electron chi connectivity index (χ4n) is 1.49. The lowest BCUT2D eigenvalue weighted by molar-refractivity contribution is 0.276. The summed E-state index contributed by atoms with van der Waals surface area (Å²) in [6.45, 7) is 4.43. The van der Waals surface area contributed by atoms with E-state index in [1.165, 1.54) is 0 Å². The molecule has 0 spiro atoms. The van der Waals surface area contributed by atoms with Crippen LogP contribution in [0.15, 0.2) is 12.1 Å². The Labute approximate surface area is 100 Å². The first-order valence-corrected chi connectivity index (χ1v) is 5.61. The van der Waals surface area contributed by atoms with E-state index in [1.807, 2.05) is 18.7 Å². The molecule has 1 aromatic rings. The quantitative estimate of drug-likeness (QED) is 0.823. The van der Waals surface area contributed by atoms with Gasteiger partial charge in [0.25, 0.3) is 0 Å². The topological polar surface area (TPSA) is 56.6 Å². The van der Waals surface area contributed by atoms with Crippen molar-refractivity contribution in [2.45, 2.75) is 26.5 Å². The fourth-order valence-corrected chi connectivity index (χ4v) is 1.65. The SMILES string of the molecule is CC(C)N(CCO)c1ccc(Cl)c(CO)n1. The van der Waals surface area contributed by atoms with Crippen LogP contribution in [0.1, 0.15) is 19.5 Å². The van der Waals surface area contributed by atoms with Gasteiger partial charge < -0.3 is 15.1 Å². The average molecular weight is 245 g/mol. The lowest BCUT2D eigenvalue weighted by Gasteiger charge is -2.27. The van der Waals surface area contributed by atoms with E-state index in [1.54, 1.807) is 12.1 Å². The van der Waals surface area contributed by atoms with Crippen molar-refractivity contribution >= 4 is 17.4 Å². The van der Waals surface area contributed by atoms with Crippen LogP contribution in [0, 0.1) is 0 Å². The van der Waals surface area contributed by atoms with Gasteiger partial charge in [0.1, 0.15) is 5.82 Å². The number of aromatic nitrogens is 1. The number of halogens is 1. The molecule has 16 heavy (non-hydrogen) atoms. The predicted octanol–water partition coefficient (Wildman–Crippen LogP) is 1.43. The van der Waals surface area contributed by atoms with E-state index in [0.717, 1.165) is 5.82 Å². The second-order valence-electron chi connectivity index (χ2n) is 3.77. The van der Waals surface area contributed by atoms with Gasteiger partial charge in [-0.15, -0.1) is 0 Å². The number of aliphatic hydroxyl groups is 2. The van der Waals surface area contributed by atoms with Crippen LogP contribution in [0.4, 0.5) is 5.82 Å². The van der Waals surface area contributed by atoms with E-state index in [2.05, 4.69) is 4.98 Å². The summed E-state index contributed by atoms with van der Waals surface area (Å²) < 4.78 is 0. The van der Waals surface area contributed by atoms with Crippen molar-refractivity contribution in [3.8, 4) is 0 Å². The summed E-state index contributed by atoms with van der Waals surface area (Å²) in [6.07, 6.45) is 0. The molecule has 1 heterocycles. The molecule has 0 unspecified atom stereocenters. The molecule has 0 saturated carbocycles. The van der Waals surface area contributed by atoms with Gasteiger partial charge in [0.05, 0.1) is 23.9 Å². The van der Waals surface area contributed by atoms with Gasteiger partial charge in [-0.1, -0.05) is 11.6 Å². The van der Waals surface area contributed by atoms with Crippen molar-refractivity contribution < 1.29 is 10.2 Å². The first-order valence-electron chi connectivity index (χ1n) is 5.24. The first kappa shape index (κ1) is 13.2. The van der Waals surface area contributed by atoms with Crippen LogP contribution < -0.4 is 4.90 Å². The minimum absolute atomic E-state index is 0.0664. The van der Waals surface area contributed by atoms with Crippen molar-refractivity contribution in [1.82, 2.24) is 4.98 Å². The molecule has 0 aliphatic rings. The van der Waals surface area contributed by atoms with E-state index >= 15 is 0 Å². The molecule has 0 aliphatic carbocycles. The standard InChI is InChI=1S/C11H17ClN2O2/c1-8(2)14(5-6-15)11-4-3-9(12)10(7-16)13-11/h3-4,8,15-16H,5-7H2,1-2H3. The second kappa shape index (κ2) is 6.03. The van der Waals surface area contributed by atoms with Gasteiger partial charge >= 0.3 is 0 Å². The van der Waals surface area contributed by atoms with Gasteiger partial charge in [-0.3, -0.25) is 0 Å². The maximum absolute atomic E-state index is 9.08. The maximum Gasteiger partial charge on any atom is 0.129 e. The van der Waals surface area contributed by atoms with Crippen LogP contribution in [0.3, 0.4) is 0 Å². The summed E-state index contributed by atoms with van der Waals surface area (Å²) in [5.41, 5.74) is 0.461. The third kappa shape index (κ3) is 3.07. The average Bonchev–Trinajstić information content (AvgIpc) is 2.26. The number of aliphatic hydroxyl groups excluding tert-OH is 2. The number of nitrogens with zero attached hydrogens (tertiary/aromatic N) is 2. The highest BCUT2D eigenvalue weighted by Crippen LogP contribution is 2.20. The van der Waals surface area contributed by atoms with Crippen LogP contribution in [-0.4, -0.2) is 34.4 Å². The smallest absolute Gasteiger partial charge is 0.129 e. The highest BCUT2D eigenvalue weighted by Gasteiger charge is 2.12. The molecule has 0 atom stereocenters. The Kier molecular flexibility index (Phi) is 4.99. The Bertz CT molecular complexity index is 345. The molecule has 0 aromatic carbocycles. The molecule has 2 N–H and O–H groups in total. The Hall–Kier alpha value is -0.840. The number of pyridine rings is 1. The van der Waals surface area contributed by atoms with Crippen LogP contribution in [-0.2, 0) is 6.61 Å². The summed E-state index contributed by atoms with van der Waals surface area (Å²) >= 11 is 5.87. The molecule has 0 amide bonds. The van der Waals surface area contributed by atoms with Crippen LogP contribution >= 0.6 is 11.6 Å². The fraction of sp³-hybridized carbons (Fsp3) is 0.545. The first-order chi connectivity index (χ1) is 7.60. The third-order valence-electron chi connectivity index (χ3n) is 2.31. The molecule has 4 nitrogen and oxygen atoms in total. The highest BCUT2D eigenvalue weighted by molar-refractivity contribution is 6.31. The highest BCUT2D eigenvalue weighted by atomic mass is 35.5. The van der Waals surface area contributed by atoms with Crippen molar-refractivity contribution in [2.24, 2.45) is 0 Å². The summed E-state index contributed by atoms with van der Waals surface area (Å²) in [7, 11) is 0. The Balaban J connectivity index is 3.00. The van der Waals surface area contributed by atoms with E-state index in [9.17, 15) is 0 Å². The molecular weight excluding hydrogens is 228 g/mol. The summed E-state index contributed by atoms with van der Waals surface area (Å²) in [4.78, 5) is 6.22. The molecule has 90 valence electrons. The van der Waals surface area contributed by atoms with Crippen molar-refractivity contribution in [2.75, 3.05) is 18.1 Å². The van der Waals surface area contributed by atoms with Gasteiger partial charge in [-0.25, -0.2) is 4.98 Å². The predicted molar refractivity (Wildman–Crippen MR) is 64.7 cm³/mol. The van der Waals surface area contributed by atoms with E-state index in [-0.39, 0.29) is 19.3 Å². The van der Waals surface area contributed by atoms with Crippen molar-refractivity contribution in [1.29, 1.82) is 0 Å².